The van der Waals surface area contributed by atoms with Crippen molar-refractivity contribution in [3.63, 3.8) is 0 Å². The van der Waals surface area contributed by atoms with Gasteiger partial charge in [-0.15, -0.1) is 13.2 Å². The van der Waals surface area contributed by atoms with Gasteiger partial charge in [0, 0.05) is 5.56 Å². The highest BCUT2D eigenvalue weighted by Crippen LogP contribution is 2.37. The van der Waals surface area contributed by atoms with Crippen molar-refractivity contribution in [2.75, 3.05) is 7.11 Å². The molecule has 0 aromatic heterocycles. The van der Waals surface area contributed by atoms with Crippen LogP contribution in [0.1, 0.15) is 15.9 Å². The van der Waals surface area contributed by atoms with Crippen molar-refractivity contribution in [1.29, 1.82) is 0 Å². The lowest BCUT2D eigenvalue weighted by atomic mass is 10.2. The average Bonchev–Trinajstić information content (AvgIpc) is 2.59. The Morgan fingerprint density at radius 3 is 2.42 bits per heavy atom. The van der Waals surface area contributed by atoms with Crippen molar-refractivity contribution < 1.29 is 32.2 Å². The fraction of sp³-hybridized carbons (Fsp3) is 0.188. The molecule has 26 heavy (non-hydrogen) atoms. The number of methoxy groups -OCH3 is 1. The summed E-state index contributed by atoms with van der Waals surface area (Å²) in [7, 11) is 1.40. The summed E-state index contributed by atoms with van der Waals surface area (Å²) in [6.45, 7) is 0.0592. The quantitative estimate of drug-likeness (QED) is 0.412. The van der Waals surface area contributed by atoms with Crippen molar-refractivity contribution in [3.8, 4) is 17.2 Å². The highest BCUT2D eigenvalue weighted by molar-refractivity contribution is 9.10. The molecule has 2 rings (SSSR count). The van der Waals surface area contributed by atoms with Crippen LogP contribution in [-0.2, 0) is 6.61 Å². The van der Waals surface area contributed by atoms with E-state index in [-0.39, 0.29) is 23.7 Å². The minimum absolute atomic E-state index is 0.0592. The molecule has 140 valence electrons. The zero-order valence-corrected chi connectivity index (χ0v) is 15.0. The van der Waals surface area contributed by atoms with Gasteiger partial charge in [-0.05, 0) is 45.8 Å². The second-order valence-electron chi connectivity index (χ2n) is 4.94. The first-order valence-corrected chi connectivity index (χ1v) is 7.88. The summed E-state index contributed by atoms with van der Waals surface area (Å²) < 4.78 is 51.6. The molecular weight excluding hydrogens is 421 g/mol. The summed E-state index contributed by atoms with van der Waals surface area (Å²) in [5.41, 5.74) is 2.88. The third kappa shape index (κ3) is 5.27. The van der Waals surface area contributed by atoms with Crippen molar-refractivity contribution in [3.05, 3.63) is 52.0 Å². The summed E-state index contributed by atoms with van der Waals surface area (Å²) in [6.07, 6.45) is -4.74. The van der Waals surface area contributed by atoms with Crippen LogP contribution in [0.15, 0.2) is 40.9 Å². The first-order chi connectivity index (χ1) is 12.2. The fourth-order valence-electron chi connectivity index (χ4n) is 2.02. The lowest BCUT2D eigenvalue weighted by molar-refractivity contribution is -0.274. The number of hydrogen-bond acceptors (Lipinski definition) is 5. The molecule has 10 heteroatoms. The van der Waals surface area contributed by atoms with E-state index in [1.807, 2.05) is 5.43 Å². The molecule has 0 aliphatic carbocycles. The van der Waals surface area contributed by atoms with Gasteiger partial charge in [-0.2, -0.15) is 0 Å². The SMILES string of the molecule is COc1cc(C(=O)NN)cc(Br)c1OCc1ccc(OC(F)(F)F)cc1. The second-order valence-corrected chi connectivity index (χ2v) is 5.80. The first-order valence-electron chi connectivity index (χ1n) is 7.09. The molecule has 0 spiro atoms. The molecule has 0 bridgehead atoms. The maximum absolute atomic E-state index is 12.2. The lowest BCUT2D eigenvalue weighted by Crippen LogP contribution is -2.30. The number of amides is 1. The largest absolute Gasteiger partial charge is 0.573 e. The molecule has 6 nitrogen and oxygen atoms in total. The maximum Gasteiger partial charge on any atom is 0.573 e. The van der Waals surface area contributed by atoms with Crippen LogP contribution in [0.25, 0.3) is 0 Å². The number of alkyl halides is 3. The van der Waals surface area contributed by atoms with Gasteiger partial charge in [0.15, 0.2) is 11.5 Å². The molecule has 0 heterocycles. The van der Waals surface area contributed by atoms with E-state index in [2.05, 4.69) is 20.7 Å². The predicted molar refractivity (Wildman–Crippen MR) is 89.8 cm³/mol. The van der Waals surface area contributed by atoms with Gasteiger partial charge in [-0.25, -0.2) is 5.84 Å². The molecule has 0 atom stereocenters. The van der Waals surface area contributed by atoms with Gasteiger partial charge in [0.2, 0.25) is 0 Å². The molecule has 1 amide bonds. The Kier molecular flexibility index (Phi) is 6.32. The number of hydrazine groups is 1. The summed E-state index contributed by atoms with van der Waals surface area (Å²) in [6, 6.07) is 8.21. The van der Waals surface area contributed by atoms with E-state index >= 15 is 0 Å². The molecule has 2 aromatic rings. The summed E-state index contributed by atoms with van der Waals surface area (Å²) in [5.74, 6) is 4.89. The average molecular weight is 435 g/mol. The number of carbonyl (C=O) groups is 1. The Morgan fingerprint density at radius 1 is 1.23 bits per heavy atom. The van der Waals surface area contributed by atoms with Gasteiger partial charge in [-0.3, -0.25) is 10.2 Å². The van der Waals surface area contributed by atoms with E-state index in [4.69, 9.17) is 15.3 Å². The maximum atomic E-state index is 12.2. The molecule has 0 unspecified atom stereocenters. The minimum atomic E-state index is -4.74. The Morgan fingerprint density at radius 2 is 1.88 bits per heavy atom. The van der Waals surface area contributed by atoms with Crippen LogP contribution >= 0.6 is 15.9 Å². The third-order valence-corrected chi connectivity index (χ3v) is 3.75. The highest BCUT2D eigenvalue weighted by Gasteiger charge is 2.30. The van der Waals surface area contributed by atoms with Crippen LogP contribution in [0.3, 0.4) is 0 Å². The monoisotopic (exact) mass is 434 g/mol. The van der Waals surface area contributed by atoms with Gasteiger partial charge in [0.1, 0.15) is 12.4 Å². The van der Waals surface area contributed by atoms with E-state index in [1.54, 1.807) is 0 Å². The van der Waals surface area contributed by atoms with Crippen molar-refractivity contribution in [1.82, 2.24) is 5.43 Å². The summed E-state index contributed by atoms with van der Waals surface area (Å²) >= 11 is 3.28. The number of halogens is 4. The topological polar surface area (TPSA) is 82.8 Å². The molecule has 0 aliphatic rings. The number of ether oxygens (including phenoxy) is 3. The zero-order valence-electron chi connectivity index (χ0n) is 13.4. The Hall–Kier alpha value is -2.46. The number of carbonyl (C=O) groups excluding carboxylic acids is 1. The van der Waals surface area contributed by atoms with Crippen LogP contribution in [0.2, 0.25) is 0 Å². The number of nitrogen functional groups attached to an aromatic ring is 1. The van der Waals surface area contributed by atoms with Gasteiger partial charge >= 0.3 is 6.36 Å². The lowest BCUT2D eigenvalue weighted by Gasteiger charge is -2.14. The number of benzene rings is 2. The smallest absolute Gasteiger partial charge is 0.493 e. The van der Waals surface area contributed by atoms with Crippen LogP contribution in [0, 0.1) is 0 Å². The molecule has 0 saturated carbocycles. The second kappa shape index (κ2) is 8.28. The summed E-state index contributed by atoms with van der Waals surface area (Å²) in [5, 5.41) is 0. The molecular formula is C16H14BrF3N2O4. The Labute approximate surface area is 155 Å². The fourth-order valence-corrected chi connectivity index (χ4v) is 2.57. The Balaban J connectivity index is 2.12. The van der Waals surface area contributed by atoms with E-state index in [9.17, 15) is 18.0 Å². The molecule has 2 aromatic carbocycles. The molecule has 3 N–H and O–H groups in total. The molecule has 0 saturated heterocycles. The normalized spacial score (nSPS) is 11.0. The van der Waals surface area contributed by atoms with Gasteiger partial charge in [0.05, 0.1) is 11.6 Å². The first kappa shape index (κ1) is 19.9. The molecule has 0 aliphatic heterocycles. The predicted octanol–water partition coefficient (Wildman–Crippen LogP) is 3.54. The Bertz CT molecular complexity index is 782. The number of nitrogens with two attached hydrogens (primary N) is 1. The van der Waals surface area contributed by atoms with Crippen LogP contribution in [-0.4, -0.2) is 19.4 Å². The molecule has 0 fully saturated rings. The highest BCUT2D eigenvalue weighted by atomic mass is 79.9. The van der Waals surface area contributed by atoms with Gasteiger partial charge in [-0.1, -0.05) is 12.1 Å². The van der Waals surface area contributed by atoms with E-state index in [0.29, 0.717) is 15.8 Å². The minimum Gasteiger partial charge on any atom is -0.493 e. The molecule has 0 radical (unpaired) electrons. The third-order valence-electron chi connectivity index (χ3n) is 3.16. The standard InChI is InChI=1S/C16H14BrF3N2O4/c1-24-13-7-10(15(23)22-21)6-12(17)14(13)25-8-9-2-4-11(5-3-9)26-16(18,19)20/h2-7H,8,21H2,1H3,(H,22,23). The number of hydrogen-bond donors (Lipinski definition) is 2. The van der Waals surface area contributed by atoms with Gasteiger partial charge < -0.3 is 14.2 Å². The number of nitrogens with one attached hydrogen (secondary N) is 1. The van der Waals surface area contributed by atoms with Crippen LogP contribution in [0.5, 0.6) is 17.2 Å². The number of rotatable bonds is 6. The van der Waals surface area contributed by atoms with Gasteiger partial charge in [0.25, 0.3) is 5.91 Å². The van der Waals surface area contributed by atoms with E-state index < -0.39 is 12.3 Å². The summed E-state index contributed by atoms with van der Waals surface area (Å²) in [4.78, 5) is 11.6. The van der Waals surface area contributed by atoms with Crippen molar-refractivity contribution in [2.45, 2.75) is 13.0 Å². The van der Waals surface area contributed by atoms with Crippen molar-refractivity contribution in [2.24, 2.45) is 5.84 Å². The van der Waals surface area contributed by atoms with E-state index in [1.165, 1.54) is 43.5 Å². The zero-order chi connectivity index (χ0) is 19.3. The van der Waals surface area contributed by atoms with Crippen LogP contribution in [0.4, 0.5) is 13.2 Å². The van der Waals surface area contributed by atoms with Crippen molar-refractivity contribution >= 4 is 21.8 Å². The van der Waals surface area contributed by atoms with E-state index in [0.717, 1.165) is 0 Å². The van der Waals surface area contributed by atoms with Crippen LogP contribution < -0.4 is 25.5 Å².